The first-order valence-corrected chi connectivity index (χ1v) is 15.6. The Morgan fingerprint density at radius 2 is 1.73 bits per heavy atom. The van der Waals surface area contributed by atoms with Gasteiger partial charge in [0.2, 0.25) is 5.95 Å². The number of nitrogens with one attached hydrogen (secondary N) is 1. The van der Waals surface area contributed by atoms with E-state index in [0.717, 1.165) is 31.4 Å². The van der Waals surface area contributed by atoms with Gasteiger partial charge in [0.25, 0.3) is 5.91 Å². The molecular formula is C29H31F3N6O5S. The number of hydrogen-bond acceptors (Lipinski definition) is 9. The second-order valence-electron chi connectivity index (χ2n) is 11.8. The number of ether oxygens (including phenoxy) is 1. The number of sulfone groups is 1. The van der Waals surface area contributed by atoms with E-state index in [0.29, 0.717) is 22.8 Å². The van der Waals surface area contributed by atoms with Crippen LogP contribution in [0.5, 0.6) is 0 Å². The lowest BCUT2D eigenvalue weighted by Gasteiger charge is -2.28. The highest BCUT2D eigenvalue weighted by atomic mass is 32.2. The van der Waals surface area contributed by atoms with Gasteiger partial charge < -0.3 is 15.0 Å². The number of rotatable bonds is 7. The normalized spacial score (nSPS) is 16.8. The van der Waals surface area contributed by atoms with E-state index < -0.39 is 45.2 Å². The molecule has 3 heterocycles. The zero-order valence-corrected chi connectivity index (χ0v) is 25.2. The molecule has 0 bridgehead atoms. The third-order valence-electron chi connectivity index (χ3n) is 7.00. The van der Waals surface area contributed by atoms with Gasteiger partial charge in [-0.15, -0.1) is 0 Å². The zero-order valence-electron chi connectivity index (χ0n) is 24.4. The third kappa shape index (κ3) is 7.09. The highest BCUT2D eigenvalue weighted by molar-refractivity contribution is 7.90. The number of fused-ring (bicyclic) bond motifs is 1. The SMILES string of the molecule is CC(C)(C)OC(=O)N1Cc2cc(S(C)(=O)=O)ccc2[C@@H]1C(=O)Nc1cnc(N(Cc2ccc(C(F)(F)F)cn2)C2CC2)nc1. The molecule has 1 fully saturated rings. The quantitative estimate of drug-likeness (QED) is 0.386. The largest absolute Gasteiger partial charge is 0.444 e. The van der Waals surface area contributed by atoms with Gasteiger partial charge in [-0.25, -0.2) is 23.2 Å². The van der Waals surface area contributed by atoms with E-state index in [1.54, 1.807) is 20.8 Å². The van der Waals surface area contributed by atoms with E-state index >= 15 is 0 Å². The fraction of sp³-hybridized carbons (Fsp3) is 0.414. The Morgan fingerprint density at radius 1 is 1.05 bits per heavy atom. The number of amides is 2. The second kappa shape index (κ2) is 11.3. The number of nitrogens with zero attached hydrogens (tertiary/aromatic N) is 5. The van der Waals surface area contributed by atoms with Crippen LogP contribution in [0, 0.1) is 0 Å². The minimum absolute atomic E-state index is 0.0323. The lowest BCUT2D eigenvalue weighted by atomic mass is 10.0. The van der Waals surface area contributed by atoms with Crippen LogP contribution in [0.4, 0.5) is 29.6 Å². The van der Waals surface area contributed by atoms with Crippen LogP contribution in [0.3, 0.4) is 0 Å². The van der Waals surface area contributed by atoms with Crippen LogP contribution in [-0.4, -0.2) is 58.2 Å². The van der Waals surface area contributed by atoms with Crippen molar-refractivity contribution in [2.75, 3.05) is 16.5 Å². The van der Waals surface area contributed by atoms with Crippen molar-refractivity contribution in [2.24, 2.45) is 0 Å². The first kappa shape index (κ1) is 31.2. The maximum Gasteiger partial charge on any atom is 0.417 e. The molecule has 1 saturated carbocycles. The predicted molar refractivity (Wildman–Crippen MR) is 153 cm³/mol. The standard InChI is InChI=1S/C29H31F3N6O5S/c1-28(2,3)43-27(40)38-15-17-11-22(44(4,41)42)9-10-23(17)24(38)25(39)36-20-13-34-26(35-14-20)37(21-7-8-21)16-19-6-5-18(12-33-19)29(30,31)32/h5-6,9-14,21,24H,7-8,15-16H2,1-4H3,(H,36,39)/t24-/m1/s1. The molecule has 234 valence electrons. The van der Waals surface area contributed by atoms with Crippen LogP contribution in [-0.2, 0) is 38.6 Å². The Morgan fingerprint density at radius 3 is 2.27 bits per heavy atom. The highest BCUT2D eigenvalue weighted by Crippen LogP contribution is 2.37. The Kier molecular flexibility index (Phi) is 8.03. The minimum atomic E-state index is -4.48. The molecule has 2 aromatic heterocycles. The number of aromatic nitrogens is 3. The Hall–Kier alpha value is -4.27. The fourth-order valence-electron chi connectivity index (χ4n) is 4.79. The van der Waals surface area contributed by atoms with Gasteiger partial charge in [-0.3, -0.25) is 14.7 Å². The molecule has 0 radical (unpaired) electrons. The topological polar surface area (TPSA) is 135 Å². The maximum absolute atomic E-state index is 13.6. The molecule has 0 saturated heterocycles. The highest BCUT2D eigenvalue weighted by Gasteiger charge is 2.41. The Balaban J connectivity index is 1.35. The maximum atomic E-state index is 13.6. The summed E-state index contributed by atoms with van der Waals surface area (Å²) in [6.45, 7) is 5.26. The van der Waals surface area contributed by atoms with Gasteiger partial charge in [0, 0.05) is 18.5 Å². The van der Waals surface area contributed by atoms with Crippen molar-refractivity contribution in [1.82, 2.24) is 19.9 Å². The first-order chi connectivity index (χ1) is 20.5. The molecule has 0 spiro atoms. The van der Waals surface area contributed by atoms with Crippen LogP contribution in [0.25, 0.3) is 0 Å². The number of halogens is 3. The summed E-state index contributed by atoms with van der Waals surface area (Å²) in [5, 5.41) is 2.73. The van der Waals surface area contributed by atoms with Crippen molar-refractivity contribution in [3.05, 3.63) is 71.3 Å². The van der Waals surface area contributed by atoms with Crippen molar-refractivity contribution in [3.8, 4) is 0 Å². The Labute approximate surface area is 252 Å². The average Bonchev–Trinajstić information content (AvgIpc) is 3.69. The van der Waals surface area contributed by atoms with Crippen molar-refractivity contribution in [1.29, 1.82) is 0 Å². The molecule has 1 aliphatic heterocycles. The minimum Gasteiger partial charge on any atom is -0.444 e. The Bertz CT molecular complexity index is 1670. The fourth-order valence-corrected chi connectivity index (χ4v) is 5.46. The molecule has 3 aromatic rings. The van der Waals surface area contributed by atoms with Gasteiger partial charge in [0.15, 0.2) is 9.84 Å². The van der Waals surface area contributed by atoms with Crippen molar-refractivity contribution in [3.63, 3.8) is 0 Å². The van der Waals surface area contributed by atoms with Gasteiger partial charge in [-0.2, -0.15) is 13.2 Å². The molecule has 1 N–H and O–H groups in total. The smallest absolute Gasteiger partial charge is 0.417 e. The van der Waals surface area contributed by atoms with Gasteiger partial charge in [0.1, 0.15) is 11.6 Å². The molecule has 15 heteroatoms. The summed E-state index contributed by atoms with van der Waals surface area (Å²) in [4.78, 5) is 42.5. The van der Waals surface area contributed by atoms with Crippen LogP contribution >= 0.6 is 0 Å². The predicted octanol–water partition coefficient (Wildman–Crippen LogP) is 4.89. The number of carbonyl (C=O) groups excluding carboxylic acids is 2. The van der Waals surface area contributed by atoms with E-state index in [1.165, 1.54) is 41.6 Å². The van der Waals surface area contributed by atoms with E-state index in [2.05, 4.69) is 20.3 Å². The number of pyridine rings is 1. The lowest BCUT2D eigenvalue weighted by molar-refractivity contribution is -0.137. The van der Waals surface area contributed by atoms with Crippen molar-refractivity contribution in [2.45, 2.75) is 75.5 Å². The number of anilines is 2. The van der Waals surface area contributed by atoms with E-state index in [4.69, 9.17) is 4.74 Å². The summed E-state index contributed by atoms with van der Waals surface area (Å²) < 4.78 is 68.5. The molecule has 1 aromatic carbocycles. The molecule has 44 heavy (non-hydrogen) atoms. The monoisotopic (exact) mass is 632 g/mol. The molecule has 0 unspecified atom stereocenters. The molecule has 2 aliphatic rings. The van der Waals surface area contributed by atoms with Crippen molar-refractivity contribution >= 4 is 33.5 Å². The number of hydrogen-bond donors (Lipinski definition) is 1. The third-order valence-corrected chi connectivity index (χ3v) is 8.11. The van der Waals surface area contributed by atoms with Crippen LogP contribution < -0.4 is 10.2 Å². The number of alkyl halides is 3. The second-order valence-corrected chi connectivity index (χ2v) is 13.8. The van der Waals surface area contributed by atoms with Crippen molar-refractivity contribution < 1.29 is 35.9 Å². The van der Waals surface area contributed by atoms with Gasteiger partial charge >= 0.3 is 12.3 Å². The molecule has 1 atom stereocenters. The molecule has 5 rings (SSSR count). The zero-order chi connectivity index (χ0) is 32.0. The number of carbonyl (C=O) groups is 2. The van der Waals surface area contributed by atoms with E-state index in [-0.39, 0.29) is 29.7 Å². The summed E-state index contributed by atoms with van der Waals surface area (Å²) in [5.41, 5.74) is -0.0385. The molecule has 11 nitrogen and oxygen atoms in total. The van der Waals surface area contributed by atoms with Gasteiger partial charge in [-0.1, -0.05) is 6.07 Å². The van der Waals surface area contributed by atoms with Crippen LogP contribution in [0.15, 0.2) is 53.8 Å². The van der Waals surface area contributed by atoms with E-state index in [1.807, 2.05) is 4.90 Å². The van der Waals surface area contributed by atoms with Gasteiger partial charge in [-0.05, 0) is 69.0 Å². The van der Waals surface area contributed by atoms with E-state index in [9.17, 15) is 31.2 Å². The summed E-state index contributed by atoms with van der Waals surface area (Å²) in [6.07, 6.45) is 1.19. The average molecular weight is 633 g/mol. The first-order valence-electron chi connectivity index (χ1n) is 13.7. The summed E-state index contributed by atoms with van der Waals surface area (Å²) in [6, 6.07) is 5.66. The summed E-state index contributed by atoms with van der Waals surface area (Å²) >= 11 is 0. The van der Waals surface area contributed by atoms with Gasteiger partial charge in [0.05, 0.1) is 47.3 Å². The molecule has 1 aliphatic carbocycles. The molecule has 2 amide bonds. The van der Waals surface area contributed by atoms with Crippen LogP contribution in [0.1, 0.15) is 62.0 Å². The van der Waals surface area contributed by atoms with Crippen LogP contribution in [0.2, 0.25) is 0 Å². The lowest BCUT2D eigenvalue weighted by Crippen LogP contribution is -2.40. The summed E-state index contributed by atoms with van der Waals surface area (Å²) in [7, 11) is -3.52. The molecular weight excluding hydrogens is 601 g/mol. The summed E-state index contributed by atoms with van der Waals surface area (Å²) in [5.74, 6) is -0.256. The number of benzene rings is 1.